The lowest BCUT2D eigenvalue weighted by Crippen LogP contribution is -2.13. The minimum Gasteiger partial charge on any atom is -0.395 e. The highest BCUT2D eigenvalue weighted by molar-refractivity contribution is 7.92. The number of hydrogen-bond donors (Lipinski definition) is 2. The van der Waals surface area contributed by atoms with Crippen molar-refractivity contribution >= 4 is 15.8 Å². The zero-order chi connectivity index (χ0) is 15.3. The number of hydrogen-bond acceptors (Lipinski definition) is 6. The molecule has 0 fully saturated rings. The summed E-state index contributed by atoms with van der Waals surface area (Å²) in [6.45, 7) is 1.61. The maximum absolute atomic E-state index is 12.2. The molecule has 0 aliphatic heterocycles. The molecule has 0 aromatic carbocycles. The van der Waals surface area contributed by atoms with Gasteiger partial charge < -0.3 is 9.63 Å². The Bertz CT molecular complexity index is 787. The Morgan fingerprint density at radius 2 is 2.19 bits per heavy atom. The first-order valence-electron chi connectivity index (χ1n) is 6.02. The number of aliphatic hydroxyl groups excluding tert-OH is 1. The molecule has 21 heavy (non-hydrogen) atoms. The van der Waals surface area contributed by atoms with Crippen molar-refractivity contribution in [2.45, 2.75) is 18.2 Å². The molecule has 0 bridgehead atoms. The second kappa shape index (κ2) is 6.39. The van der Waals surface area contributed by atoms with E-state index in [0.717, 1.165) is 0 Å². The lowest BCUT2D eigenvalue weighted by atomic mass is 10.3. The van der Waals surface area contributed by atoms with Crippen molar-refractivity contribution in [3.63, 3.8) is 0 Å². The Morgan fingerprint density at radius 3 is 2.86 bits per heavy atom. The number of nitrogens with one attached hydrogen (secondary N) is 1. The van der Waals surface area contributed by atoms with E-state index in [2.05, 4.69) is 26.7 Å². The quantitative estimate of drug-likeness (QED) is 0.813. The number of rotatable bonds is 4. The van der Waals surface area contributed by atoms with E-state index >= 15 is 0 Å². The topological polar surface area (TPSA) is 105 Å². The van der Waals surface area contributed by atoms with E-state index < -0.39 is 10.0 Å². The van der Waals surface area contributed by atoms with Gasteiger partial charge >= 0.3 is 0 Å². The van der Waals surface area contributed by atoms with Crippen LogP contribution in [0.3, 0.4) is 0 Å². The molecule has 0 aliphatic rings. The minimum absolute atomic E-state index is 0.0287. The Hall–Kier alpha value is -2.37. The Morgan fingerprint density at radius 1 is 1.38 bits per heavy atom. The fourth-order valence-corrected chi connectivity index (χ4v) is 2.44. The Kier molecular flexibility index (Phi) is 4.57. The van der Waals surface area contributed by atoms with Crippen LogP contribution in [0.2, 0.25) is 0 Å². The highest BCUT2D eigenvalue weighted by atomic mass is 32.2. The molecule has 0 spiro atoms. The second-order valence-corrected chi connectivity index (χ2v) is 5.80. The first-order chi connectivity index (χ1) is 10.0. The molecule has 2 aromatic heterocycles. The maximum atomic E-state index is 12.2. The van der Waals surface area contributed by atoms with E-state index in [1.54, 1.807) is 6.92 Å². The van der Waals surface area contributed by atoms with Crippen molar-refractivity contribution in [3.8, 4) is 11.8 Å². The molecule has 0 unspecified atom stereocenters. The van der Waals surface area contributed by atoms with Gasteiger partial charge in [0.1, 0.15) is 10.7 Å². The van der Waals surface area contributed by atoms with E-state index in [-0.39, 0.29) is 17.3 Å². The average Bonchev–Trinajstić information content (AvgIpc) is 2.84. The molecule has 0 aliphatic carbocycles. The number of nitrogens with zero attached hydrogens (tertiary/aromatic N) is 2. The molecule has 2 rings (SSSR count). The molecule has 2 heterocycles. The van der Waals surface area contributed by atoms with Crippen molar-refractivity contribution in [3.05, 3.63) is 35.9 Å². The smallest absolute Gasteiger partial charge is 0.264 e. The molecule has 0 atom stereocenters. The van der Waals surface area contributed by atoms with Crippen LogP contribution >= 0.6 is 0 Å². The van der Waals surface area contributed by atoms with E-state index in [4.69, 9.17) is 9.63 Å². The molecular formula is C13H13N3O4S. The predicted octanol–water partition coefficient (Wildman–Crippen LogP) is 0.913. The minimum atomic E-state index is -3.81. The fraction of sp³-hybridized carbons (Fsp3) is 0.231. The third kappa shape index (κ3) is 4.05. The number of aromatic nitrogens is 2. The molecule has 2 aromatic rings. The number of aliphatic hydroxyl groups is 1. The van der Waals surface area contributed by atoms with Gasteiger partial charge in [-0.3, -0.25) is 9.71 Å². The van der Waals surface area contributed by atoms with E-state index in [0.29, 0.717) is 17.7 Å². The van der Waals surface area contributed by atoms with Gasteiger partial charge in [0.15, 0.2) is 5.82 Å². The first-order valence-corrected chi connectivity index (χ1v) is 7.50. The first kappa shape index (κ1) is 15.0. The zero-order valence-corrected chi connectivity index (χ0v) is 12.0. The Balaban J connectivity index is 2.24. The second-order valence-electron chi connectivity index (χ2n) is 4.11. The van der Waals surface area contributed by atoms with Crippen LogP contribution < -0.4 is 4.72 Å². The summed E-state index contributed by atoms with van der Waals surface area (Å²) in [5.41, 5.74) is 0.447. The molecule has 7 nitrogen and oxygen atoms in total. The average molecular weight is 307 g/mol. The third-order valence-electron chi connectivity index (χ3n) is 2.36. The highest BCUT2D eigenvalue weighted by Gasteiger charge is 2.16. The molecule has 8 heteroatoms. The maximum Gasteiger partial charge on any atom is 0.264 e. The zero-order valence-electron chi connectivity index (χ0n) is 11.2. The SMILES string of the molecule is Cc1cc(NS(=O)(=O)c2cncc(C#CCCO)c2)no1. The van der Waals surface area contributed by atoms with Crippen molar-refractivity contribution in [1.29, 1.82) is 0 Å². The number of pyridine rings is 1. The van der Waals surface area contributed by atoms with Gasteiger partial charge in [0, 0.05) is 30.4 Å². The normalized spacial score (nSPS) is 10.8. The van der Waals surface area contributed by atoms with Gasteiger partial charge in [0.25, 0.3) is 10.0 Å². The van der Waals surface area contributed by atoms with E-state index in [1.165, 1.54) is 24.5 Å². The van der Waals surface area contributed by atoms with Crippen LogP contribution in [0.1, 0.15) is 17.7 Å². The summed E-state index contributed by atoms with van der Waals surface area (Å²) in [4.78, 5) is 3.82. The van der Waals surface area contributed by atoms with Gasteiger partial charge in [-0.25, -0.2) is 8.42 Å². The molecule has 2 N–H and O–H groups in total. The largest absolute Gasteiger partial charge is 0.395 e. The van der Waals surface area contributed by atoms with Gasteiger partial charge in [-0.15, -0.1) is 0 Å². The van der Waals surface area contributed by atoms with Gasteiger partial charge in [-0.1, -0.05) is 17.0 Å². The predicted molar refractivity (Wildman–Crippen MR) is 74.9 cm³/mol. The summed E-state index contributed by atoms with van der Waals surface area (Å²) in [7, 11) is -3.81. The fourth-order valence-electron chi connectivity index (χ4n) is 1.47. The standard InChI is InChI=1S/C13H13N3O4S/c1-10-6-13(15-20-10)16-21(18,19)12-7-11(8-14-9-12)4-2-3-5-17/h6-9,17H,3,5H2,1H3,(H,15,16). The molecule has 0 amide bonds. The monoisotopic (exact) mass is 307 g/mol. The van der Waals surface area contributed by atoms with Gasteiger partial charge in [-0.05, 0) is 13.0 Å². The van der Waals surface area contributed by atoms with Gasteiger partial charge in [-0.2, -0.15) is 0 Å². The molecule has 110 valence electrons. The summed E-state index contributed by atoms with van der Waals surface area (Å²) in [6, 6.07) is 2.86. The van der Waals surface area contributed by atoms with Crippen LogP contribution in [0.4, 0.5) is 5.82 Å². The van der Waals surface area contributed by atoms with Crippen LogP contribution in [0, 0.1) is 18.8 Å². The van der Waals surface area contributed by atoms with Crippen LogP contribution in [0.25, 0.3) is 0 Å². The van der Waals surface area contributed by atoms with Crippen LogP contribution in [0.15, 0.2) is 33.9 Å². The van der Waals surface area contributed by atoms with Crippen molar-refractivity contribution in [2.24, 2.45) is 0 Å². The van der Waals surface area contributed by atoms with Crippen molar-refractivity contribution in [1.82, 2.24) is 10.1 Å². The number of sulfonamides is 1. The lowest BCUT2D eigenvalue weighted by Gasteiger charge is -2.04. The number of anilines is 1. The molecular weight excluding hydrogens is 294 g/mol. The molecule has 0 saturated carbocycles. The van der Waals surface area contributed by atoms with Gasteiger partial charge in [0.2, 0.25) is 0 Å². The van der Waals surface area contributed by atoms with Crippen LogP contribution in [0.5, 0.6) is 0 Å². The summed E-state index contributed by atoms with van der Waals surface area (Å²) in [5.74, 6) is 6.02. The highest BCUT2D eigenvalue weighted by Crippen LogP contribution is 2.15. The summed E-state index contributed by atoms with van der Waals surface area (Å²) in [5, 5.41) is 12.2. The molecule has 0 radical (unpaired) electrons. The third-order valence-corrected chi connectivity index (χ3v) is 3.68. The van der Waals surface area contributed by atoms with Crippen molar-refractivity contribution in [2.75, 3.05) is 11.3 Å². The summed E-state index contributed by atoms with van der Waals surface area (Å²) in [6.07, 6.45) is 2.98. The van der Waals surface area contributed by atoms with E-state index in [1.807, 2.05) is 0 Å². The summed E-state index contributed by atoms with van der Waals surface area (Å²) >= 11 is 0. The summed E-state index contributed by atoms with van der Waals surface area (Å²) < 4.78 is 31.4. The van der Waals surface area contributed by atoms with Crippen LogP contribution in [-0.2, 0) is 10.0 Å². The molecule has 0 saturated heterocycles. The van der Waals surface area contributed by atoms with Crippen molar-refractivity contribution < 1.29 is 18.0 Å². The van der Waals surface area contributed by atoms with E-state index in [9.17, 15) is 8.42 Å². The van der Waals surface area contributed by atoms with Crippen LogP contribution in [-0.4, -0.2) is 30.3 Å². The number of aryl methyl sites for hydroxylation is 1. The lowest BCUT2D eigenvalue weighted by molar-refractivity contribution is 0.305. The Labute approximate surface area is 122 Å². The van der Waals surface area contributed by atoms with Gasteiger partial charge in [0.05, 0.1) is 6.61 Å².